The van der Waals surface area contributed by atoms with Gasteiger partial charge in [0.25, 0.3) is 0 Å². The maximum atomic E-state index is 12.2. The van der Waals surface area contributed by atoms with E-state index < -0.39 is 0 Å². The number of Topliss-reactive ketones (excluding diaryl/α,β-unsaturated/α-hetero) is 1. The van der Waals surface area contributed by atoms with E-state index in [1.54, 1.807) is 12.5 Å². The van der Waals surface area contributed by atoms with Gasteiger partial charge in [-0.3, -0.25) is 4.79 Å². The third-order valence-electron chi connectivity index (χ3n) is 8.51. The van der Waals surface area contributed by atoms with E-state index in [0.717, 1.165) is 44.9 Å². The summed E-state index contributed by atoms with van der Waals surface area (Å²) in [7, 11) is 0. The fourth-order valence-electron chi connectivity index (χ4n) is 7.22. The Morgan fingerprint density at radius 3 is 2.58 bits per heavy atom. The number of fused-ring (bicyclic) bond motifs is 5. The van der Waals surface area contributed by atoms with Crippen molar-refractivity contribution in [2.75, 3.05) is 0 Å². The molecule has 3 nitrogen and oxygen atoms in total. The molecule has 0 bridgehead atoms. The Morgan fingerprint density at radius 2 is 1.88 bits per heavy atom. The smallest absolute Gasteiger partial charge is 0.133 e. The lowest BCUT2D eigenvalue weighted by Gasteiger charge is -2.58. The van der Waals surface area contributed by atoms with Crippen molar-refractivity contribution in [1.82, 2.24) is 0 Å². The number of allylic oxidation sites excluding steroid dienone is 2. The Hall–Kier alpha value is -0.670. The van der Waals surface area contributed by atoms with E-state index in [1.807, 2.05) is 0 Å². The topological polar surface area (TPSA) is 57.5 Å². The summed E-state index contributed by atoms with van der Waals surface area (Å²) in [6.07, 6.45) is 8.42. The number of aliphatic hydroxyl groups excluding tert-OH is 2. The minimum atomic E-state index is -0.314. The first-order valence-electron chi connectivity index (χ1n) is 9.84. The lowest BCUT2D eigenvalue weighted by Crippen LogP contribution is -2.53. The monoisotopic (exact) mass is 332 g/mol. The van der Waals surface area contributed by atoms with E-state index in [-0.39, 0.29) is 34.9 Å². The first kappa shape index (κ1) is 16.8. The summed E-state index contributed by atoms with van der Waals surface area (Å²) in [5.74, 6) is 1.69. The lowest BCUT2D eigenvalue weighted by atomic mass is 9.48. The van der Waals surface area contributed by atoms with Crippen LogP contribution < -0.4 is 0 Å². The van der Waals surface area contributed by atoms with E-state index in [2.05, 4.69) is 19.9 Å². The molecule has 0 heterocycles. The molecule has 0 aromatic heterocycles. The van der Waals surface area contributed by atoms with Crippen molar-refractivity contribution in [2.45, 2.75) is 77.9 Å². The van der Waals surface area contributed by atoms with Crippen molar-refractivity contribution < 1.29 is 15.0 Å². The van der Waals surface area contributed by atoms with Crippen molar-refractivity contribution in [3.63, 3.8) is 0 Å². The van der Waals surface area contributed by atoms with Gasteiger partial charge >= 0.3 is 0 Å². The molecule has 3 unspecified atom stereocenters. The molecular weight excluding hydrogens is 300 g/mol. The Morgan fingerprint density at radius 1 is 1.12 bits per heavy atom. The van der Waals surface area contributed by atoms with Gasteiger partial charge in [-0.1, -0.05) is 25.5 Å². The van der Waals surface area contributed by atoms with Crippen molar-refractivity contribution in [2.24, 2.45) is 34.5 Å². The maximum absolute atomic E-state index is 12.2. The maximum Gasteiger partial charge on any atom is 0.133 e. The second-order valence-electron chi connectivity index (χ2n) is 9.58. The van der Waals surface area contributed by atoms with E-state index in [9.17, 15) is 15.0 Å². The average molecular weight is 332 g/mol. The van der Waals surface area contributed by atoms with Gasteiger partial charge in [0.15, 0.2) is 0 Å². The van der Waals surface area contributed by atoms with Gasteiger partial charge < -0.3 is 10.2 Å². The highest BCUT2D eigenvalue weighted by molar-refractivity contribution is 5.79. The van der Waals surface area contributed by atoms with Crippen LogP contribution >= 0.6 is 0 Å². The van der Waals surface area contributed by atoms with Gasteiger partial charge in [-0.25, -0.2) is 0 Å². The second kappa shape index (κ2) is 5.41. The minimum Gasteiger partial charge on any atom is -0.393 e. The van der Waals surface area contributed by atoms with Crippen LogP contribution in [-0.4, -0.2) is 28.2 Å². The zero-order valence-electron chi connectivity index (χ0n) is 15.3. The zero-order valence-corrected chi connectivity index (χ0v) is 15.3. The lowest BCUT2D eigenvalue weighted by molar-refractivity contribution is -0.125. The minimum absolute atomic E-state index is 0.0389. The second-order valence-corrected chi connectivity index (χ2v) is 9.58. The third-order valence-corrected chi connectivity index (χ3v) is 8.51. The SMILES string of the molecule is CC(=O)[C@H]1CC[C@H]2[C@@H]3CC(O)C4CC(O)CC[C@]4(C)C3=CC[C@]12C. The van der Waals surface area contributed by atoms with Crippen LogP contribution in [0.4, 0.5) is 0 Å². The van der Waals surface area contributed by atoms with E-state index >= 15 is 0 Å². The molecule has 0 aromatic rings. The standard InChI is InChI=1S/C21H32O3/c1-12(22)15-4-5-16-14-11-19(24)18-10-13(23)6-8-21(18,3)17(14)7-9-20(15,16)2/h7,13-16,18-19,23-24H,4-6,8-11H2,1-3H3/t13?,14-,15+,16-,18?,19?,20+,21+/m0/s1. The van der Waals surface area contributed by atoms with Crippen LogP contribution in [0.2, 0.25) is 0 Å². The molecule has 0 spiro atoms. The Balaban J connectivity index is 1.72. The fourth-order valence-corrected chi connectivity index (χ4v) is 7.22. The molecule has 134 valence electrons. The van der Waals surface area contributed by atoms with Crippen LogP contribution in [-0.2, 0) is 4.79 Å². The highest BCUT2D eigenvalue weighted by atomic mass is 16.3. The molecule has 24 heavy (non-hydrogen) atoms. The Bertz CT molecular complexity index is 582. The van der Waals surface area contributed by atoms with E-state index in [4.69, 9.17) is 0 Å². The first-order chi connectivity index (χ1) is 11.3. The van der Waals surface area contributed by atoms with Crippen LogP contribution in [0.3, 0.4) is 0 Å². The number of ketones is 1. The number of rotatable bonds is 1. The highest BCUT2D eigenvalue weighted by Crippen LogP contribution is 2.65. The summed E-state index contributed by atoms with van der Waals surface area (Å²) >= 11 is 0. The van der Waals surface area contributed by atoms with Gasteiger partial charge in [0, 0.05) is 5.92 Å². The number of aliphatic hydroxyl groups is 2. The molecule has 4 aliphatic carbocycles. The highest BCUT2D eigenvalue weighted by Gasteiger charge is 2.59. The molecule has 0 radical (unpaired) electrons. The predicted molar refractivity (Wildman–Crippen MR) is 93.3 cm³/mol. The normalized spacial score (nSPS) is 53.6. The summed E-state index contributed by atoms with van der Waals surface area (Å²) in [6.45, 7) is 6.40. The van der Waals surface area contributed by atoms with Crippen LogP contribution in [0.1, 0.15) is 65.7 Å². The van der Waals surface area contributed by atoms with Crippen LogP contribution in [0.5, 0.6) is 0 Å². The summed E-state index contributed by atoms with van der Waals surface area (Å²) < 4.78 is 0. The molecular formula is C21H32O3. The Kier molecular flexibility index (Phi) is 3.78. The number of hydrogen-bond acceptors (Lipinski definition) is 3. The predicted octanol–water partition coefficient (Wildman–Crippen LogP) is 3.49. The molecule has 8 atom stereocenters. The molecule has 0 aromatic carbocycles. The molecule has 3 saturated carbocycles. The number of hydrogen-bond donors (Lipinski definition) is 2. The zero-order chi connectivity index (χ0) is 17.3. The van der Waals surface area contributed by atoms with Crippen molar-refractivity contribution >= 4 is 5.78 Å². The third kappa shape index (κ3) is 2.13. The van der Waals surface area contributed by atoms with Gasteiger partial charge in [-0.15, -0.1) is 0 Å². The molecule has 0 amide bonds. The van der Waals surface area contributed by atoms with Crippen molar-refractivity contribution in [3.05, 3.63) is 11.6 Å². The van der Waals surface area contributed by atoms with E-state index in [0.29, 0.717) is 17.6 Å². The first-order valence-corrected chi connectivity index (χ1v) is 9.84. The molecule has 4 rings (SSSR count). The molecule has 2 N–H and O–H groups in total. The van der Waals surface area contributed by atoms with Crippen LogP contribution in [0.25, 0.3) is 0 Å². The molecule has 0 saturated heterocycles. The van der Waals surface area contributed by atoms with Gasteiger partial charge in [0.05, 0.1) is 12.2 Å². The van der Waals surface area contributed by atoms with Crippen molar-refractivity contribution in [3.8, 4) is 0 Å². The summed E-state index contributed by atoms with van der Waals surface area (Å²) in [6, 6.07) is 0. The van der Waals surface area contributed by atoms with Crippen LogP contribution in [0.15, 0.2) is 11.6 Å². The van der Waals surface area contributed by atoms with Gasteiger partial charge in [0.1, 0.15) is 5.78 Å². The van der Waals surface area contributed by atoms with Gasteiger partial charge in [0.2, 0.25) is 0 Å². The average Bonchev–Trinajstić information content (AvgIpc) is 2.87. The van der Waals surface area contributed by atoms with E-state index in [1.165, 1.54) is 0 Å². The fraction of sp³-hybridized carbons (Fsp3) is 0.857. The number of carbonyl (C=O) groups is 1. The Labute approximate surface area is 145 Å². The summed E-state index contributed by atoms with van der Waals surface area (Å²) in [4.78, 5) is 12.2. The molecule has 3 fully saturated rings. The molecule has 4 aliphatic rings. The van der Waals surface area contributed by atoms with Crippen LogP contribution in [0, 0.1) is 34.5 Å². The van der Waals surface area contributed by atoms with Gasteiger partial charge in [-0.05, 0) is 80.5 Å². The quantitative estimate of drug-likeness (QED) is 0.723. The summed E-state index contributed by atoms with van der Waals surface area (Å²) in [5, 5.41) is 21.0. The molecule has 3 heteroatoms. The largest absolute Gasteiger partial charge is 0.393 e. The van der Waals surface area contributed by atoms with Gasteiger partial charge in [-0.2, -0.15) is 0 Å². The summed E-state index contributed by atoms with van der Waals surface area (Å²) in [5.41, 5.74) is 1.67. The van der Waals surface area contributed by atoms with Crippen molar-refractivity contribution in [1.29, 1.82) is 0 Å². The number of carbonyl (C=O) groups excluding carboxylic acids is 1. The molecule has 0 aliphatic heterocycles.